The Hall–Kier alpha value is -1.76. The fourth-order valence-corrected chi connectivity index (χ4v) is 2.53. The van der Waals surface area contributed by atoms with Gasteiger partial charge >= 0.3 is 5.97 Å². The number of amides is 1. The molecule has 0 aliphatic carbocycles. The third-order valence-electron chi connectivity index (χ3n) is 3.11. The van der Waals surface area contributed by atoms with Crippen LogP contribution in [0.25, 0.3) is 0 Å². The molecule has 0 saturated heterocycles. The summed E-state index contributed by atoms with van der Waals surface area (Å²) >= 11 is 3.43. The Labute approximate surface area is 144 Å². The van der Waals surface area contributed by atoms with Crippen LogP contribution in [0.15, 0.2) is 16.6 Å². The fraction of sp³-hybridized carbons (Fsp3) is 0.500. The summed E-state index contributed by atoms with van der Waals surface area (Å²) in [6.45, 7) is 6.53. The molecule has 1 aromatic carbocycles. The van der Waals surface area contributed by atoms with Crippen LogP contribution in [0.2, 0.25) is 0 Å². The van der Waals surface area contributed by atoms with Crippen LogP contribution >= 0.6 is 15.9 Å². The molecule has 1 N–H and O–H groups in total. The topological polar surface area (TPSA) is 76.1 Å². The Kier molecular flexibility index (Phi) is 7.88. The van der Waals surface area contributed by atoms with E-state index in [4.69, 9.17) is 14.6 Å². The SMILES string of the molecule is CCOc1cc(Br)c(CC(=O)N(CC)CC(=O)O)cc1OCC. The van der Waals surface area contributed by atoms with Crippen molar-refractivity contribution in [3.63, 3.8) is 0 Å². The Morgan fingerprint density at radius 2 is 1.70 bits per heavy atom. The number of carboxylic acid groups (broad SMARTS) is 1. The van der Waals surface area contributed by atoms with Crippen LogP contribution in [0, 0.1) is 0 Å². The summed E-state index contributed by atoms with van der Waals surface area (Å²) in [6, 6.07) is 3.52. The summed E-state index contributed by atoms with van der Waals surface area (Å²) in [7, 11) is 0. The Bertz CT molecular complexity index is 562. The van der Waals surface area contributed by atoms with E-state index in [2.05, 4.69) is 15.9 Å². The minimum absolute atomic E-state index is 0.0915. The lowest BCUT2D eigenvalue weighted by Gasteiger charge is -2.20. The predicted octanol–water partition coefficient (Wildman–Crippen LogP) is 2.72. The first kappa shape index (κ1) is 19.3. The van der Waals surface area contributed by atoms with Crippen molar-refractivity contribution in [3.05, 3.63) is 22.2 Å². The highest BCUT2D eigenvalue weighted by Crippen LogP contribution is 2.34. The van der Waals surface area contributed by atoms with Gasteiger partial charge in [0.25, 0.3) is 0 Å². The van der Waals surface area contributed by atoms with E-state index in [1.165, 1.54) is 4.90 Å². The number of ether oxygens (including phenoxy) is 2. The van der Waals surface area contributed by atoms with Gasteiger partial charge in [0.2, 0.25) is 5.91 Å². The van der Waals surface area contributed by atoms with Crippen molar-refractivity contribution in [2.75, 3.05) is 26.3 Å². The number of carbonyl (C=O) groups excluding carboxylic acids is 1. The fourth-order valence-electron chi connectivity index (χ4n) is 2.06. The van der Waals surface area contributed by atoms with E-state index in [1.54, 1.807) is 19.1 Å². The molecule has 0 heterocycles. The zero-order valence-electron chi connectivity index (χ0n) is 13.6. The molecule has 0 fully saturated rings. The maximum absolute atomic E-state index is 12.3. The molecule has 0 aromatic heterocycles. The quantitative estimate of drug-likeness (QED) is 0.704. The lowest BCUT2D eigenvalue weighted by atomic mass is 10.1. The molecule has 23 heavy (non-hydrogen) atoms. The molecule has 0 aliphatic rings. The van der Waals surface area contributed by atoms with Crippen molar-refractivity contribution in [1.82, 2.24) is 4.90 Å². The van der Waals surface area contributed by atoms with Gasteiger partial charge < -0.3 is 19.5 Å². The summed E-state index contributed by atoms with van der Waals surface area (Å²) in [6.07, 6.45) is 0.0915. The Morgan fingerprint density at radius 1 is 1.13 bits per heavy atom. The molecule has 128 valence electrons. The van der Waals surface area contributed by atoms with Crippen molar-refractivity contribution in [1.29, 1.82) is 0 Å². The van der Waals surface area contributed by atoms with Crippen LogP contribution in [0.5, 0.6) is 11.5 Å². The van der Waals surface area contributed by atoms with Crippen molar-refractivity contribution in [3.8, 4) is 11.5 Å². The number of halogens is 1. The molecule has 0 unspecified atom stereocenters. The number of rotatable bonds is 9. The highest BCUT2D eigenvalue weighted by molar-refractivity contribution is 9.10. The first-order chi connectivity index (χ1) is 10.9. The normalized spacial score (nSPS) is 10.3. The van der Waals surface area contributed by atoms with Gasteiger partial charge in [0, 0.05) is 11.0 Å². The van der Waals surface area contributed by atoms with Crippen molar-refractivity contribution < 1.29 is 24.2 Å². The summed E-state index contributed by atoms with van der Waals surface area (Å²) in [5, 5.41) is 8.85. The zero-order chi connectivity index (χ0) is 17.4. The first-order valence-corrected chi connectivity index (χ1v) is 8.29. The van der Waals surface area contributed by atoms with Crippen LogP contribution in [0.4, 0.5) is 0 Å². The second-order valence-corrected chi connectivity index (χ2v) is 5.59. The second kappa shape index (κ2) is 9.39. The minimum atomic E-state index is -1.03. The monoisotopic (exact) mass is 387 g/mol. The largest absolute Gasteiger partial charge is 0.490 e. The van der Waals surface area contributed by atoms with Gasteiger partial charge in [-0.2, -0.15) is 0 Å². The molecular weight excluding hydrogens is 366 g/mol. The van der Waals surface area contributed by atoms with E-state index >= 15 is 0 Å². The molecule has 1 rings (SSSR count). The van der Waals surface area contributed by atoms with E-state index in [9.17, 15) is 9.59 Å². The van der Waals surface area contributed by atoms with Crippen LogP contribution in [-0.2, 0) is 16.0 Å². The number of carboxylic acids is 1. The van der Waals surface area contributed by atoms with E-state index in [-0.39, 0.29) is 18.9 Å². The summed E-state index contributed by atoms with van der Waals surface area (Å²) < 4.78 is 11.8. The van der Waals surface area contributed by atoms with Crippen LogP contribution < -0.4 is 9.47 Å². The van der Waals surface area contributed by atoms with E-state index in [0.29, 0.717) is 31.3 Å². The maximum Gasteiger partial charge on any atom is 0.323 e. The molecule has 0 spiro atoms. The lowest BCUT2D eigenvalue weighted by Crippen LogP contribution is -2.36. The van der Waals surface area contributed by atoms with Gasteiger partial charge in [-0.05, 0) is 38.5 Å². The Balaban J connectivity index is 3.00. The smallest absolute Gasteiger partial charge is 0.323 e. The Morgan fingerprint density at radius 3 is 2.17 bits per heavy atom. The molecule has 0 aliphatic heterocycles. The van der Waals surface area contributed by atoms with E-state index < -0.39 is 5.97 Å². The summed E-state index contributed by atoms with van der Waals surface area (Å²) in [5.41, 5.74) is 0.728. The highest BCUT2D eigenvalue weighted by atomic mass is 79.9. The predicted molar refractivity (Wildman–Crippen MR) is 90.1 cm³/mol. The lowest BCUT2D eigenvalue weighted by molar-refractivity contribution is -0.144. The molecule has 6 nitrogen and oxygen atoms in total. The minimum Gasteiger partial charge on any atom is -0.490 e. The van der Waals surface area contributed by atoms with Crippen molar-refractivity contribution in [2.24, 2.45) is 0 Å². The summed E-state index contributed by atoms with van der Waals surface area (Å²) in [5.74, 6) is -0.0971. The van der Waals surface area contributed by atoms with Gasteiger partial charge in [0.05, 0.1) is 19.6 Å². The average molecular weight is 388 g/mol. The first-order valence-electron chi connectivity index (χ1n) is 7.50. The molecule has 0 bridgehead atoms. The van der Waals surface area contributed by atoms with Crippen LogP contribution in [-0.4, -0.2) is 48.2 Å². The third kappa shape index (κ3) is 5.74. The average Bonchev–Trinajstić information content (AvgIpc) is 2.49. The standard InChI is InChI=1S/C16H22BrNO5/c1-4-18(10-16(20)21)15(19)8-11-7-13(22-5-2)14(23-6-3)9-12(11)17/h7,9H,4-6,8,10H2,1-3H3,(H,20,21). The van der Waals surface area contributed by atoms with Crippen molar-refractivity contribution in [2.45, 2.75) is 27.2 Å². The molecule has 1 amide bonds. The molecule has 1 aromatic rings. The van der Waals surface area contributed by atoms with Gasteiger partial charge in [-0.25, -0.2) is 0 Å². The number of nitrogens with zero attached hydrogens (tertiary/aromatic N) is 1. The molecular formula is C16H22BrNO5. The number of hydrogen-bond donors (Lipinski definition) is 1. The van der Waals surface area contributed by atoms with E-state index in [0.717, 1.165) is 10.0 Å². The number of aliphatic carboxylic acids is 1. The van der Waals surface area contributed by atoms with Crippen LogP contribution in [0.1, 0.15) is 26.3 Å². The zero-order valence-corrected chi connectivity index (χ0v) is 15.2. The van der Waals surface area contributed by atoms with Gasteiger partial charge in [-0.15, -0.1) is 0 Å². The van der Waals surface area contributed by atoms with Gasteiger partial charge in [-0.3, -0.25) is 9.59 Å². The highest BCUT2D eigenvalue weighted by Gasteiger charge is 2.18. The molecule has 0 radical (unpaired) electrons. The number of carbonyl (C=O) groups is 2. The maximum atomic E-state index is 12.3. The number of likely N-dealkylation sites (N-methyl/N-ethyl adjacent to an activating group) is 1. The third-order valence-corrected chi connectivity index (χ3v) is 3.85. The molecule has 0 saturated carbocycles. The number of hydrogen-bond acceptors (Lipinski definition) is 4. The van der Waals surface area contributed by atoms with Crippen LogP contribution in [0.3, 0.4) is 0 Å². The summed E-state index contributed by atoms with van der Waals surface area (Å²) in [4.78, 5) is 24.4. The van der Waals surface area contributed by atoms with Gasteiger partial charge in [0.15, 0.2) is 11.5 Å². The molecule has 7 heteroatoms. The second-order valence-electron chi connectivity index (χ2n) is 4.73. The van der Waals surface area contributed by atoms with Gasteiger partial charge in [-0.1, -0.05) is 15.9 Å². The van der Waals surface area contributed by atoms with Gasteiger partial charge in [0.1, 0.15) is 6.54 Å². The number of benzene rings is 1. The van der Waals surface area contributed by atoms with Crippen molar-refractivity contribution >= 4 is 27.8 Å². The van der Waals surface area contributed by atoms with E-state index in [1.807, 2.05) is 13.8 Å². The molecule has 0 atom stereocenters.